The van der Waals surface area contributed by atoms with Gasteiger partial charge in [0.15, 0.2) is 52.4 Å². The Hall–Kier alpha value is -8.50. The lowest BCUT2D eigenvalue weighted by Gasteiger charge is -2.11. The molecule has 3 heterocycles. The van der Waals surface area contributed by atoms with Crippen molar-refractivity contribution >= 4 is 11.3 Å². The molecular formula is C32H4F4N14. The number of aromatic nitrogens is 3. The number of fused-ring (bicyclic) bond motifs is 2. The van der Waals surface area contributed by atoms with Crippen molar-refractivity contribution in [2.75, 3.05) is 0 Å². The van der Waals surface area contributed by atoms with Crippen LogP contribution in [0.1, 0.15) is 22.5 Å². The highest BCUT2D eigenvalue weighted by atomic mass is 19.2. The maximum atomic E-state index is 15.3. The van der Waals surface area contributed by atoms with Gasteiger partial charge in [-0.3, -0.25) is 0 Å². The van der Waals surface area contributed by atoms with Crippen molar-refractivity contribution in [3.05, 3.63) is 132 Å². The predicted molar refractivity (Wildman–Crippen MR) is 154 cm³/mol. The van der Waals surface area contributed by atoms with Crippen LogP contribution in [0.15, 0.2) is 61.6 Å². The first-order chi connectivity index (χ1) is 24.1. The maximum Gasteiger partial charge on any atom is 0.305 e. The Morgan fingerprint density at radius 3 is 1.88 bits per heavy atom. The fraction of sp³-hybridized carbons (Fsp3) is 0. The van der Waals surface area contributed by atoms with E-state index in [1.165, 1.54) is 24.3 Å². The van der Waals surface area contributed by atoms with Crippen molar-refractivity contribution in [3.63, 3.8) is 0 Å². The lowest BCUT2D eigenvalue weighted by Crippen LogP contribution is -2.26. The zero-order valence-corrected chi connectivity index (χ0v) is 24.1. The van der Waals surface area contributed by atoms with E-state index in [4.69, 9.17) is 18.4 Å². The monoisotopic (exact) mass is 660 g/mol. The van der Waals surface area contributed by atoms with Crippen molar-refractivity contribution in [1.29, 1.82) is 26.3 Å². The number of allylic oxidation sites excluding steroid dienone is 2. The second-order valence-electron chi connectivity index (χ2n) is 9.63. The minimum atomic E-state index is -2.06. The van der Waals surface area contributed by atoms with E-state index < -0.39 is 69.0 Å². The topological polar surface area (TPSA) is 216 Å². The SMILES string of the molecule is [C-]#[N+]/C(C#N)=C1\N=c2ccc(-c3nc(/C(C#N)=C4/N=c5cc(C#N)c([N+]#[C-])cc5=N4)nc(-c4c(F)c(F)c(C#N)c(F)c4F)n3)c(C#N)c2=N1. The van der Waals surface area contributed by atoms with E-state index in [-0.39, 0.29) is 49.6 Å². The van der Waals surface area contributed by atoms with E-state index in [0.29, 0.717) is 0 Å². The molecule has 2 aliphatic rings. The van der Waals surface area contributed by atoms with Gasteiger partial charge in [-0.15, -0.1) is 0 Å². The predicted octanol–water partition coefficient (Wildman–Crippen LogP) is 2.94. The van der Waals surface area contributed by atoms with Crippen LogP contribution in [0.5, 0.6) is 0 Å². The molecule has 0 spiro atoms. The molecule has 0 amide bonds. The average Bonchev–Trinajstić information content (AvgIpc) is 3.75. The summed E-state index contributed by atoms with van der Waals surface area (Å²) in [4.78, 5) is 34.9. The number of halogens is 4. The molecule has 50 heavy (non-hydrogen) atoms. The summed E-state index contributed by atoms with van der Waals surface area (Å²) in [6, 6.07) is 13.1. The van der Waals surface area contributed by atoms with E-state index in [0.717, 1.165) is 6.07 Å². The van der Waals surface area contributed by atoms with Gasteiger partial charge in [-0.05, 0) is 24.3 Å². The van der Waals surface area contributed by atoms with E-state index in [1.54, 1.807) is 12.1 Å². The standard InChI is InChI=1S/C32H4F4N14/c1-42-18-6-20-19(5-12(18)7-37)45-29(46-20)16(10-40)30-48-28(49-32(50-30)22-25(35)23(33)15(9-39)24(34)26(22)36)13-3-4-17-27(14(13)8-38)47-31(44-17)21(11-41)43-2/h3-6H/b29-16-,31-21+. The molecule has 4 aromatic rings. The van der Waals surface area contributed by atoms with E-state index >= 15 is 8.78 Å². The summed E-state index contributed by atoms with van der Waals surface area (Å²) in [6.45, 7) is 14.5. The van der Waals surface area contributed by atoms with Crippen LogP contribution in [0.2, 0.25) is 0 Å². The third-order valence-corrected chi connectivity index (χ3v) is 6.96. The summed E-state index contributed by atoms with van der Waals surface area (Å²) in [5, 5.41) is 48.0. The van der Waals surface area contributed by atoms with Crippen LogP contribution in [0.4, 0.5) is 23.2 Å². The van der Waals surface area contributed by atoms with Gasteiger partial charge >= 0.3 is 5.70 Å². The average molecular weight is 660 g/mol. The fourth-order valence-electron chi connectivity index (χ4n) is 4.70. The van der Waals surface area contributed by atoms with Crippen molar-refractivity contribution < 1.29 is 17.6 Å². The molecule has 0 fully saturated rings. The molecule has 3 aromatic carbocycles. The van der Waals surface area contributed by atoms with E-state index in [1.807, 2.05) is 12.1 Å². The maximum absolute atomic E-state index is 15.3. The Bertz CT molecular complexity index is 2850. The van der Waals surface area contributed by atoms with Crippen LogP contribution >= 0.6 is 0 Å². The first-order valence-corrected chi connectivity index (χ1v) is 13.2. The summed E-state index contributed by atoms with van der Waals surface area (Å²) < 4.78 is 60.2. The summed E-state index contributed by atoms with van der Waals surface area (Å²) in [5.74, 6) is -11.3. The van der Waals surface area contributed by atoms with Gasteiger partial charge in [0.25, 0.3) is 0 Å². The van der Waals surface area contributed by atoms with Crippen LogP contribution in [0, 0.1) is 93.1 Å². The van der Waals surface area contributed by atoms with E-state index in [2.05, 4.69) is 44.6 Å². The summed E-state index contributed by atoms with van der Waals surface area (Å²) in [5.41, 5.74) is -4.79. The molecule has 0 saturated carbocycles. The van der Waals surface area contributed by atoms with Gasteiger partial charge in [-0.25, -0.2) is 67.4 Å². The quantitative estimate of drug-likeness (QED) is 0.137. The fourth-order valence-corrected chi connectivity index (χ4v) is 4.70. The Morgan fingerprint density at radius 2 is 1.30 bits per heavy atom. The molecule has 2 aliphatic heterocycles. The number of hydrogen-bond acceptors (Lipinski definition) is 12. The van der Waals surface area contributed by atoms with Gasteiger partial charge < -0.3 is 0 Å². The van der Waals surface area contributed by atoms with Crippen LogP contribution in [-0.4, -0.2) is 15.0 Å². The number of nitriles is 5. The first-order valence-electron chi connectivity index (χ1n) is 13.2. The smallest absolute Gasteiger partial charge is 0.238 e. The van der Waals surface area contributed by atoms with Gasteiger partial charge in [-0.2, -0.15) is 21.0 Å². The molecule has 0 aliphatic carbocycles. The highest BCUT2D eigenvalue weighted by Gasteiger charge is 2.30. The lowest BCUT2D eigenvalue weighted by molar-refractivity contribution is 0.453. The summed E-state index contributed by atoms with van der Waals surface area (Å²) in [7, 11) is 0. The first kappa shape index (κ1) is 31.5. The zero-order chi connectivity index (χ0) is 35.9. The van der Waals surface area contributed by atoms with Crippen LogP contribution in [0.3, 0.4) is 0 Å². The molecule has 6 rings (SSSR count). The third-order valence-electron chi connectivity index (χ3n) is 6.96. The van der Waals surface area contributed by atoms with Gasteiger partial charge in [0, 0.05) is 5.56 Å². The highest BCUT2D eigenvalue weighted by Crippen LogP contribution is 2.32. The largest absolute Gasteiger partial charge is 0.305 e. The Labute approximate surface area is 274 Å². The highest BCUT2D eigenvalue weighted by molar-refractivity contribution is 5.78. The van der Waals surface area contributed by atoms with Crippen molar-refractivity contribution in [3.8, 4) is 53.1 Å². The number of benzene rings is 3. The minimum Gasteiger partial charge on any atom is -0.238 e. The third kappa shape index (κ3) is 4.80. The molecule has 0 N–H and O–H groups in total. The number of hydrogen-bond donors (Lipinski definition) is 0. The van der Waals surface area contributed by atoms with Crippen molar-refractivity contribution in [2.24, 2.45) is 20.0 Å². The van der Waals surface area contributed by atoms with Gasteiger partial charge in [-0.1, -0.05) is 0 Å². The second kappa shape index (κ2) is 12.0. The summed E-state index contributed by atoms with van der Waals surface area (Å²) in [6.07, 6.45) is 0. The normalized spacial score (nSPS) is 13.8. The Morgan fingerprint density at radius 1 is 0.660 bits per heavy atom. The minimum absolute atomic E-state index is 0.0490. The van der Waals surface area contributed by atoms with Crippen molar-refractivity contribution in [2.45, 2.75) is 0 Å². The van der Waals surface area contributed by atoms with Gasteiger partial charge in [0.1, 0.15) is 34.7 Å². The molecule has 1 aromatic heterocycles. The molecule has 18 heteroatoms. The lowest BCUT2D eigenvalue weighted by atomic mass is 10.1. The molecule has 230 valence electrons. The second-order valence-corrected chi connectivity index (χ2v) is 9.63. The molecular weight excluding hydrogens is 656 g/mol. The number of rotatable bonds is 3. The Kier molecular flexibility index (Phi) is 7.57. The number of nitrogens with zero attached hydrogens (tertiary/aromatic N) is 14. The Balaban J connectivity index is 1.70. The van der Waals surface area contributed by atoms with Gasteiger partial charge in [0.05, 0.1) is 58.0 Å². The molecule has 0 radical (unpaired) electrons. The van der Waals surface area contributed by atoms with Gasteiger partial charge in [0.2, 0.25) is 5.69 Å². The molecule has 0 bridgehead atoms. The zero-order valence-electron chi connectivity index (χ0n) is 24.1. The molecule has 0 atom stereocenters. The molecule has 0 unspecified atom stereocenters. The molecule has 14 nitrogen and oxygen atoms in total. The van der Waals surface area contributed by atoms with E-state index in [9.17, 15) is 29.8 Å². The van der Waals surface area contributed by atoms with Crippen molar-refractivity contribution in [1.82, 2.24) is 15.0 Å². The van der Waals surface area contributed by atoms with Crippen LogP contribution in [0.25, 0.3) is 38.0 Å². The summed E-state index contributed by atoms with van der Waals surface area (Å²) >= 11 is 0. The van der Waals surface area contributed by atoms with Crippen LogP contribution in [-0.2, 0) is 0 Å². The van der Waals surface area contributed by atoms with Crippen LogP contribution < -0.4 is 21.4 Å². The molecule has 0 saturated heterocycles.